The molecule has 0 saturated heterocycles. The average molecular weight is 382 g/mol. The third-order valence-electron chi connectivity index (χ3n) is 3.27. The zero-order valence-corrected chi connectivity index (χ0v) is 15.2. The van der Waals surface area contributed by atoms with Crippen LogP contribution in [0.3, 0.4) is 0 Å². The maximum atomic E-state index is 12.3. The molecule has 0 spiro atoms. The van der Waals surface area contributed by atoms with Gasteiger partial charge in [-0.15, -0.1) is 0 Å². The second kappa shape index (κ2) is 8.74. The minimum absolute atomic E-state index is 0.332. The summed E-state index contributed by atoms with van der Waals surface area (Å²) < 4.78 is 11.1. The van der Waals surface area contributed by atoms with Crippen LogP contribution in [-0.2, 0) is 4.79 Å². The zero-order valence-electron chi connectivity index (χ0n) is 13.7. The molecule has 0 bridgehead atoms. The number of hydrogen-bond donors (Lipinski definition) is 1. The Bertz CT molecular complexity index is 780. The van der Waals surface area contributed by atoms with Crippen LogP contribution in [0.2, 0.25) is 10.0 Å². The van der Waals surface area contributed by atoms with E-state index < -0.39 is 6.10 Å². The standard InChI is InChI=1S/C18H17Cl2NO4/c1-3-24-17-8-12(10-22)4-7-16(17)25-11(2)18(23)21-15-6-5-13(19)9-14(15)20/h4-11H,3H2,1-2H3,(H,21,23)/t11-/m1/s1. The maximum Gasteiger partial charge on any atom is 0.265 e. The number of ether oxygens (including phenoxy) is 2. The van der Waals surface area contributed by atoms with Crippen molar-refractivity contribution in [2.75, 3.05) is 11.9 Å². The van der Waals surface area contributed by atoms with Gasteiger partial charge in [0.05, 0.1) is 17.3 Å². The van der Waals surface area contributed by atoms with Crippen LogP contribution in [0.15, 0.2) is 36.4 Å². The van der Waals surface area contributed by atoms with Crippen LogP contribution in [0.1, 0.15) is 24.2 Å². The number of benzene rings is 2. The van der Waals surface area contributed by atoms with Gasteiger partial charge in [0, 0.05) is 10.6 Å². The van der Waals surface area contributed by atoms with Gasteiger partial charge < -0.3 is 14.8 Å². The molecule has 0 heterocycles. The number of carbonyl (C=O) groups is 2. The van der Waals surface area contributed by atoms with Crippen LogP contribution in [0, 0.1) is 0 Å². The monoisotopic (exact) mass is 381 g/mol. The molecule has 5 nitrogen and oxygen atoms in total. The van der Waals surface area contributed by atoms with Gasteiger partial charge >= 0.3 is 0 Å². The molecule has 7 heteroatoms. The number of hydrogen-bond acceptors (Lipinski definition) is 4. The summed E-state index contributed by atoms with van der Waals surface area (Å²) in [5.41, 5.74) is 0.897. The van der Waals surface area contributed by atoms with Crippen molar-refractivity contribution in [2.45, 2.75) is 20.0 Å². The molecular weight excluding hydrogens is 365 g/mol. The number of carbonyl (C=O) groups excluding carboxylic acids is 2. The highest BCUT2D eigenvalue weighted by molar-refractivity contribution is 6.36. The SMILES string of the molecule is CCOc1cc(C=O)ccc1O[C@H](C)C(=O)Nc1ccc(Cl)cc1Cl. The van der Waals surface area contributed by atoms with Crippen LogP contribution < -0.4 is 14.8 Å². The van der Waals surface area contributed by atoms with E-state index in [1.165, 1.54) is 6.07 Å². The topological polar surface area (TPSA) is 64.6 Å². The number of aldehydes is 1. The Morgan fingerprint density at radius 1 is 1.20 bits per heavy atom. The van der Waals surface area contributed by atoms with Crippen LogP contribution in [0.4, 0.5) is 5.69 Å². The fraction of sp³-hybridized carbons (Fsp3) is 0.222. The lowest BCUT2D eigenvalue weighted by molar-refractivity contribution is -0.122. The molecule has 0 aliphatic carbocycles. The van der Waals surface area contributed by atoms with E-state index in [0.29, 0.717) is 45.7 Å². The van der Waals surface area contributed by atoms with Crippen LogP contribution in [-0.4, -0.2) is 24.9 Å². The molecule has 0 aromatic heterocycles. The lowest BCUT2D eigenvalue weighted by Crippen LogP contribution is -2.30. The molecular formula is C18H17Cl2NO4. The Labute approximate surface area is 155 Å². The predicted molar refractivity (Wildman–Crippen MR) is 98.2 cm³/mol. The van der Waals surface area contributed by atoms with Gasteiger partial charge in [0.15, 0.2) is 17.6 Å². The van der Waals surface area contributed by atoms with Crippen molar-refractivity contribution in [1.82, 2.24) is 0 Å². The molecule has 0 radical (unpaired) electrons. The molecule has 2 aromatic carbocycles. The van der Waals surface area contributed by atoms with Crippen LogP contribution >= 0.6 is 23.2 Å². The number of nitrogens with one attached hydrogen (secondary N) is 1. The maximum absolute atomic E-state index is 12.3. The van der Waals surface area contributed by atoms with E-state index in [1.807, 2.05) is 6.92 Å². The van der Waals surface area contributed by atoms with E-state index in [2.05, 4.69) is 5.32 Å². The zero-order chi connectivity index (χ0) is 18.4. The summed E-state index contributed by atoms with van der Waals surface area (Å²) in [6.07, 6.45) is -0.0987. The van der Waals surface area contributed by atoms with Crippen molar-refractivity contribution in [1.29, 1.82) is 0 Å². The second-order valence-corrected chi connectivity index (χ2v) is 5.97. The highest BCUT2D eigenvalue weighted by atomic mass is 35.5. The molecule has 132 valence electrons. The second-order valence-electron chi connectivity index (χ2n) is 5.13. The largest absolute Gasteiger partial charge is 0.490 e. The molecule has 0 saturated carbocycles. The first-order valence-corrected chi connectivity index (χ1v) is 8.34. The van der Waals surface area contributed by atoms with Gasteiger partial charge in [-0.3, -0.25) is 9.59 Å². The van der Waals surface area contributed by atoms with E-state index in [1.54, 1.807) is 37.3 Å². The van der Waals surface area contributed by atoms with Gasteiger partial charge in [0.25, 0.3) is 5.91 Å². The van der Waals surface area contributed by atoms with E-state index in [9.17, 15) is 9.59 Å². The number of anilines is 1. The Balaban J connectivity index is 2.11. The lowest BCUT2D eigenvalue weighted by Gasteiger charge is -2.18. The van der Waals surface area contributed by atoms with Gasteiger partial charge in [0.1, 0.15) is 6.29 Å². The van der Waals surface area contributed by atoms with E-state index in [0.717, 1.165) is 0 Å². The Morgan fingerprint density at radius 2 is 1.96 bits per heavy atom. The molecule has 0 aliphatic heterocycles. The van der Waals surface area contributed by atoms with E-state index in [4.69, 9.17) is 32.7 Å². The van der Waals surface area contributed by atoms with Crippen molar-refractivity contribution < 1.29 is 19.1 Å². The first-order chi connectivity index (χ1) is 11.9. The van der Waals surface area contributed by atoms with E-state index >= 15 is 0 Å². The normalized spacial score (nSPS) is 11.5. The number of rotatable bonds is 7. The summed E-state index contributed by atoms with van der Waals surface area (Å²) >= 11 is 11.9. The summed E-state index contributed by atoms with van der Waals surface area (Å²) in [4.78, 5) is 23.2. The molecule has 0 aliphatic rings. The highest BCUT2D eigenvalue weighted by Gasteiger charge is 2.18. The third kappa shape index (κ3) is 5.11. The van der Waals surface area contributed by atoms with Crippen molar-refractivity contribution >= 4 is 41.1 Å². The Hall–Kier alpha value is -2.24. The third-order valence-corrected chi connectivity index (χ3v) is 3.81. The van der Waals surface area contributed by atoms with Crippen molar-refractivity contribution in [3.05, 3.63) is 52.0 Å². The summed E-state index contributed by atoms with van der Waals surface area (Å²) in [7, 11) is 0. The molecule has 1 N–H and O–H groups in total. The van der Waals surface area contributed by atoms with E-state index in [-0.39, 0.29) is 5.91 Å². The predicted octanol–water partition coefficient (Wildman–Crippen LogP) is 4.61. The fourth-order valence-electron chi connectivity index (χ4n) is 2.03. The minimum Gasteiger partial charge on any atom is -0.490 e. The summed E-state index contributed by atoms with van der Waals surface area (Å²) in [5, 5.41) is 3.49. The molecule has 25 heavy (non-hydrogen) atoms. The molecule has 2 aromatic rings. The van der Waals surface area contributed by atoms with Crippen molar-refractivity contribution in [2.24, 2.45) is 0 Å². The van der Waals surface area contributed by atoms with Crippen LogP contribution in [0.5, 0.6) is 11.5 Å². The minimum atomic E-state index is -0.812. The quantitative estimate of drug-likeness (QED) is 0.711. The van der Waals surface area contributed by atoms with Crippen molar-refractivity contribution in [3.63, 3.8) is 0 Å². The lowest BCUT2D eigenvalue weighted by atomic mass is 10.2. The fourth-order valence-corrected chi connectivity index (χ4v) is 2.49. The first-order valence-electron chi connectivity index (χ1n) is 7.59. The highest BCUT2D eigenvalue weighted by Crippen LogP contribution is 2.30. The average Bonchev–Trinajstić information content (AvgIpc) is 2.59. The van der Waals surface area contributed by atoms with Gasteiger partial charge in [0.2, 0.25) is 0 Å². The summed E-state index contributed by atoms with van der Waals surface area (Å²) in [6.45, 7) is 3.82. The van der Waals surface area contributed by atoms with Gasteiger partial charge in [-0.05, 0) is 50.2 Å². The summed E-state index contributed by atoms with van der Waals surface area (Å²) in [5.74, 6) is 0.389. The Morgan fingerprint density at radius 3 is 2.60 bits per heavy atom. The number of amides is 1. The van der Waals surface area contributed by atoms with Crippen molar-refractivity contribution in [3.8, 4) is 11.5 Å². The number of halogens is 2. The molecule has 0 unspecified atom stereocenters. The molecule has 1 atom stereocenters. The molecule has 0 fully saturated rings. The Kier molecular flexibility index (Phi) is 6.67. The smallest absolute Gasteiger partial charge is 0.265 e. The van der Waals surface area contributed by atoms with Gasteiger partial charge in [-0.25, -0.2) is 0 Å². The van der Waals surface area contributed by atoms with Gasteiger partial charge in [-0.1, -0.05) is 23.2 Å². The summed E-state index contributed by atoms with van der Waals surface area (Å²) in [6, 6.07) is 9.52. The first kappa shape index (κ1) is 19.1. The van der Waals surface area contributed by atoms with Gasteiger partial charge in [-0.2, -0.15) is 0 Å². The molecule has 1 amide bonds. The molecule has 2 rings (SSSR count). The van der Waals surface area contributed by atoms with Crippen LogP contribution in [0.25, 0.3) is 0 Å².